The monoisotopic (exact) mass is 426 g/mol. The fourth-order valence-electron chi connectivity index (χ4n) is 3.86. The predicted molar refractivity (Wildman–Crippen MR) is 130 cm³/mol. The lowest BCUT2D eigenvalue weighted by molar-refractivity contribution is -0.115. The number of carbonyl (C=O) groups excluding carboxylic acids is 2. The molecular formula is C26H26N4O2. The Morgan fingerprint density at radius 2 is 1.66 bits per heavy atom. The summed E-state index contributed by atoms with van der Waals surface area (Å²) >= 11 is 0. The molecule has 2 amide bonds. The van der Waals surface area contributed by atoms with E-state index >= 15 is 0 Å². The summed E-state index contributed by atoms with van der Waals surface area (Å²) in [6.07, 6.45) is 0.0862. The number of carbonyl (C=O) groups is 2. The first-order chi connectivity index (χ1) is 15.5. The van der Waals surface area contributed by atoms with Crippen molar-refractivity contribution in [2.24, 2.45) is 5.10 Å². The van der Waals surface area contributed by atoms with Gasteiger partial charge in [0, 0.05) is 45.3 Å². The van der Waals surface area contributed by atoms with Crippen LogP contribution in [-0.4, -0.2) is 22.1 Å². The number of hydrazone groups is 1. The van der Waals surface area contributed by atoms with Crippen LogP contribution in [0.3, 0.4) is 0 Å². The van der Waals surface area contributed by atoms with Crippen LogP contribution in [0.1, 0.15) is 36.2 Å². The van der Waals surface area contributed by atoms with Crippen LogP contribution < -0.4 is 10.7 Å². The molecule has 0 radical (unpaired) electrons. The number of hydrogen-bond acceptors (Lipinski definition) is 3. The number of hydrogen-bond donors (Lipinski definition) is 2. The van der Waals surface area contributed by atoms with E-state index in [-0.39, 0.29) is 18.2 Å². The zero-order valence-corrected chi connectivity index (χ0v) is 18.5. The highest BCUT2D eigenvalue weighted by Gasteiger charge is 2.11. The van der Waals surface area contributed by atoms with Gasteiger partial charge in [0.05, 0.1) is 6.42 Å². The molecular weight excluding hydrogens is 400 g/mol. The number of aromatic nitrogens is 1. The van der Waals surface area contributed by atoms with E-state index in [4.69, 9.17) is 0 Å². The number of anilines is 1. The lowest BCUT2D eigenvalue weighted by atomic mass is 10.1. The van der Waals surface area contributed by atoms with E-state index in [0.29, 0.717) is 11.3 Å². The highest BCUT2D eigenvalue weighted by atomic mass is 16.2. The number of aryl methyl sites for hydroxylation is 2. The third-order valence-corrected chi connectivity index (χ3v) is 5.45. The molecule has 4 aromatic rings. The van der Waals surface area contributed by atoms with E-state index in [1.54, 1.807) is 19.1 Å². The summed E-state index contributed by atoms with van der Waals surface area (Å²) in [7, 11) is 0. The molecule has 0 unspecified atom stereocenters. The molecule has 4 rings (SSSR count). The number of nitrogens with zero attached hydrogens (tertiary/aromatic N) is 2. The van der Waals surface area contributed by atoms with Gasteiger partial charge in [0.2, 0.25) is 5.91 Å². The molecule has 0 aliphatic heterocycles. The minimum absolute atomic E-state index is 0.0862. The Kier molecular flexibility index (Phi) is 6.03. The van der Waals surface area contributed by atoms with Crippen LogP contribution in [0.2, 0.25) is 0 Å². The summed E-state index contributed by atoms with van der Waals surface area (Å²) < 4.78 is 2.27. The number of amides is 2. The van der Waals surface area contributed by atoms with Crippen LogP contribution in [0.5, 0.6) is 0 Å². The van der Waals surface area contributed by atoms with E-state index in [1.165, 1.54) is 5.52 Å². The molecule has 0 saturated carbocycles. The maximum absolute atomic E-state index is 12.5. The Morgan fingerprint density at radius 3 is 2.41 bits per heavy atom. The van der Waals surface area contributed by atoms with E-state index < -0.39 is 0 Å². The van der Waals surface area contributed by atoms with Gasteiger partial charge in [-0.2, -0.15) is 5.10 Å². The number of nitrogens with one attached hydrogen (secondary N) is 2. The van der Waals surface area contributed by atoms with Gasteiger partial charge in [-0.25, -0.2) is 5.43 Å². The van der Waals surface area contributed by atoms with Crippen molar-refractivity contribution >= 4 is 45.0 Å². The number of fused-ring (bicyclic) bond motifs is 3. The second kappa shape index (κ2) is 9.06. The standard InChI is InChI=1S/C26H26N4O2/c1-4-30-23-8-6-5-7-21(23)22-16-20(13-14-24(22)30)27-25(31)15-18(3)28-29-26(32)19-11-9-17(2)10-12-19/h5-14,16H,4,15H2,1-3H3,(H,27,31)(H,29,32)/b28-18-. The Hall–Kier alpha value is -3.93. The van der Waals surface area contributed by atoms with Gasteiger partial charge < -0.3 is 9.88 Å². The number of para-hydroxylation sites is 1. The molecule has 0 spiro atoms. The highest BCUT2D eigenvalue weighted by Crippen LogP contribution is 2.31. The molecule has 6 heteroatoms. The van der Waals surface area contributed by atoms with Crippen LogP contribution in [0, 0.1) is 6.92 Å². The zero-order valence-electron chi connectivity index (χ0n) is 18.5. The van der Waals surface area contributed by atoms with Crippen molar-refractivity contribution in [1.82, 2.24) is 9.99 Å². The van der Waals surface area contributed by atoms with Gasteiger partial charge in [-0.15, -0.1) is 0 Å². The summed E-state index contributed by atoms with van der Waals surface area (Å²) in [5.74, 6) is -0.489. The van der Waals surface area contributed by atoms with E-state index in [9.17, 15) is 9.59 Å². The third kappa shape index (κ3) is 4.39. The minimum atomic E-state index is -0.303. The second-order valence-corrected chi connectivity index (χ2v) is 7.87. The molecule has 0 bridgehead atoms. The summed E-state index contributed by atoms with van der Waals surface area (Å²) in [6.45, 7) is 6.68. The molecule has 1 heterocycles. The first-order valence-electron chi connectivity index (χ1n) is 10.7. The van der Waals surface area contributed by atoms with Crippen molar-refractivity contribution in [1.29, 1.82) is 0 Å². The Morgan fingerprint density at radius 1 is 0.938 bits per heavy atom. The van der Waals surface area contributed by atoms with Crippen molar-refractivity contribution in [3.05, 3.63) is 77.9 Å². The van der Waals surface area contributed by atoms with E-state index in [0.717, 1.165) is 34.1 Å². The quantitative estimate of drug-likeness (QED) is 0.326. The summed E-state index contributed by atoms with van der Waals surface area (Å²) in [4.78, 5) is 24.7. The molecule has 1 aromatic heterocycles. The lowest BCUT2D eigenvalue weighted by Gasteiger charge is -2.07. The minimum Gasteiger partial charge on any atom is -0.341 e. The Labute approximate surface area is 186 Å². The first kappa shape index (κ1) is 21.3. The normalized spacial score (nSPS) is 11.7. The van der Waals surface area contributed by atoms with Gasteiger partial charge in [-0.3, -0.25) is 9.59 Å². The number of rotatable bonds is 6. The predicted octanol–water partition coefficient (Wildman–Crippen LogP) is 5.26. The Bertz CT molecular complexity index is 1330. The fraction of sp³-hybridized carbons (Fsp3) is 0.192. The molecule has 0 saturated heterocycles. The van der Waals surface area contributed by atoms with Gasteiger partial charge in [0.15, 0.2) is 0 Å². The van der Waals surface area contributed by atoms with E-state index in [1.807, 2.05) is 49.4 Å². The first-order valence-corrected chi connectivity index (χ1v) is 10.7. The van der Waals surface area contributed by atoms with Crippen molar-refractivity contribution in [2.75, 3.05) is 5.32 Å². The zero-order chi connectivity index (χ0) is 22.7. The lowest BCUT2D eigenvalue weighted by Crippen LogP contribution is -2.21. The second-order valence-electron chi connectivity index (χ2n) is 7.87. The van der Waals surface area contributed by atoms with Gasteiger partial charge in [0.1, 0.15) is 0 Å². The maximum Gasteiger partial charge on any atom is 0.271 e. The van der Waals surface area contributed by atoms with Gasteiger partial charge >= 0.3 is 0 Å². The summed E-state index contributed by atoms with van der Waals surface area (Å²) in [6, 6.07) is 21.5. The van der Waals surface area contributed by atoms with Crippen molar-refractivity contribution < 1.29 is 9.59 Å². The number of benzene rings is 3. The van der Waals surface area contributed by atoms with Crippen LogP contribution in [0.15, 0.2) is 71.8 Å². The molecule has 162 valence electrons. The van der Waals surface area contributed by atoms with Gasteiger partial charge in [0.25, 0.3) is 5.91 Å². The largest absolute Gasteiger partial charge is 0.341 e. The summed E-state index contributed by atoms with van der Waals surface area (Å²) in [5.41, 5.74) is 7.69. The van der Waals surface area contributed by atoms with Crippen molar-refractivity contribution in [3.63, 3.8) is 0 Å². The smallest absolute Gasteiger partial charge is 0.271 e. The molecule has 0 fully saturated rings. The van der Waals surface area contributed by atoms with Crippen LogP contribution in [0.25, 0.3) is 21.8 Å². The maximum atomic E-state index is 12.5. The fourth-order valence-corrected chi connectivity index (χ4v) is 3.86. The average molecular weight is 427 g/mol. The Balaban J connectivity index is 1.44. The third-order valence-electron chi connectivity index (χ3n) is 5.45. The summed E-state index contributed by atoms with van der Waals surface area (Å²) in [5, 5.41) is 9.27. The molecule has 32 heavy (non-hydrogen) atoms. The van der Waals surface area contributed by atoms with Crippen LogP contribution in [-0.2, 0) is 11.3 Å². The molecule has 0 atom stereocenters. The molecule has 0 aliphatic carbocycles. The van der Waals surface area contributed by atoms with Crippen LogP contribution >= 0.6 is 0 Å². The van der Waals surface area contributed by atoms with Gasteiger partial charge in [-0.05, 0) is 57.2 Å². The van der Waals surface area contributed by atoms with Crippen molar-refractivity contribution in [2.45, 2.75) is 33.7 Å². The average Bonchev–Trinajstić information content (AvgIpc) is 3.11. The van der Waals surface area contributed by atoms with E-state index in [2.05, 4.69) is 39.5 Å². The van der Waals surface area contributed by atoms with Gasteiger partial charge in [-0.1, -0.05) is 35.9 Å². The molecule has 0 aliphatic rings. The highest BCUT2D eigenvalue weighted by molar-refractivity contribution is 6.11. The van der Waals surface area contributed by atoms with Crippen LogP contribution in [0.4, 0.5) is 5.69 Å². The molecule has 6 nitrogen and oxygen atoms in total. The van der Waals surface area contributed by atoms with Crippen molar-refractivity contribution in [3.8, 4) is 0 Å². The SMILES string of the molecule is CCn1c2ccccc2c2cc(NC(=O)C/C(C)=N\NC(=O)c3ccc(C)cc3)ccc21. The molecule has 3 aromatic carbocycles. The topological polar surface area (TPSA) is 75.5 Å². The molecule has 2 N–H and O–H groups in total.